The molecule has 0 spiro atoms. The number of carbonyl (C=O) groups is 3. The molecule has 18 heavy (non-hydrogen) atoms. The maximum Gasteiger partial charge on any atom is 0.398 e. The summed E-state index contributed by atoms with van der Waals surface area (Å²) in [5, 5.41) is 0. The van der Waals surface area contributed by atoms with E-state index in [1.54, 1.807) is 31.2 Å². The second-order valence-corrected chi connectivity index (χ2v) is 3.49. The summed E-state index contributed by atoms with van der Waals surface area (Å²) in [4.78, 5) is 33.6. The summed E-state index contributed by atoms with van der Waals surface area (Å²) in [6, 6.07) is 6.76. The molecule has 6 nitrogen and oxygen atoms in total. The number of benzene rings is 1. The van der Waals surface area contributed by atoms with Crippen LogP contribution in [0.25, 0.3) is 0 Å². The molecule has 0 fully saturated rings. The van der Waals surface area contributed by atoms with Crippen molar-refractivity contribution in [3.63, 3.8) is 0 Å². The molecule has 0 saturated heterocycles. The lowest BCUT2D eigenvalue weighted by atomic mass is 10.1. The predicted molar refractivity (Wildman–Crippen MR) is 63.4 cm³/mol. The van der Waals surface area contributed by atoms with Crippen LogP contribution < -0.4 is 10.9 Å². The van der Waals surface area contributed by atoms with Crippen LogP contribution in [-0.4, -0.2) is 24.4 Å². The largest absolute Gasteiger partial charge is 0.459 e. The SMILES string of the molecule is CCOC(=O)C(=O)NNC(=O)c1ccc(C)cc1. The molecule has 0 bridgehead atoms. The van der Waals surface area contributed by atoms with Crippen molar-refractivity contribution in [2.45, 2.75) is 13.8 Å². The van der Waals surface area contributed by atoms with Crippen LogP contribution in [0.2, 0.25) is 0 Å². The molecule has 0 atom stereocenters. The molecule has 0 aromatic heterocycles. The van der Waals surface area contributed by atoms with Gasteiger partial charge in [-0.2, -0.15) is 0 Å². The van der Waals surface area contributed by atoms with Crippen molar-refractivity contribution in [2.24, 2.45) is 0 Å². The number of hydrazine groups is 1. The van der Waals surface area contributed by atoms with Crippen LogP contribution in [0.15, 0.2) is 24.3 Å². The molecule has 0 heterocycles. The monoisotopic (exact) mass is 250 g/mol. The van der Waals surface area contributed by atoms with E-state index in [0.29, 0.717) is 5.56 Å². The van der Waals surface area contributed by atoms with Gasteiger partial charge in [-0.1, -0.05) is 17.7 Å². The van der Waals surface area contributed by atoms with Gasteiger partial charge in [-0.3, -0.25) is 20.4 Å². The molecular formula is C12H14N2O4. The Morgan fingerprint density at radius 2 is 1.72 bits per heavy atom. The zero-order valence-corrected chi connectivity index (χ0v) is 10.1. The third kappa shape index (κ3) is 3.89. The molecule has 0 aliphatic heterocycles. The molecule has 0 unspecified atom stereocenters. The third-order valence-corrected chi connectivity index (χ3v) is 2.06. The van der Waals surface area contributed by atoms with Gasteiger partial charge in [0.2, 0.25) is 0 Å². The first-order valence-electron chi connectivity index (χ1n) is 5.38. The fourth-order valence-corrected chi connectivity index (χ4v) is 1.14. The zero-order valence-electron chi connectivity index (χ0n) is 10.1. The topological polar surface area (TPSA) is 84.5 Å². The molecule has 0 aliphatic carbocycles. The van der Waals surface area contributed by atoms with E-state index in [-0.39, 0.29) is 6.61 Å². The summed E-state index contributed by atoms with van der Waals surface area (Å²) < 4.78 is 4.46. The number of aryl methyl sites for hydroxylation is 1. The number of hydrogen-bond acceptors (Lipinski definition) is 4. The molecule has 2 N–H and O–H groups in total. The Morgan fingerprint density at radius 1 is 1.11 bits per heavy atom. The molecule has 2 amide bonds. The Morgan fingerprint density at radius 3 is 2.28 bits per heavy atom. The first-order chi connectivity index (χ1) is 8.54. The highest BCUT2D eigenvalue weighted by Crippen LogP contribution is 2.02. The fraction of sp³-hybridized carbons (Fsp3) is 0.250. The molecule has 0 aliphatic rings. The zero-order chi connectivity index (χ0) is 13.5. The maximum atomic E-state index is 11.6. The summed E-state index contributed by atoms with van der Waals surface area (Å²) in [5.74, 6) is -2.56. The van der Waals surface area contributed by atoms with E-state index < -0.39 is 17.8 Å². The normalized spacial score (nSPS) is 9.44. The van der Waals surface area contributed by atoms with Gasteiger partial charge in [-0.15, -0.1) is 0 Å². The lowest BCUT2D eigenvalue weighted by Gasteiger charge is -2.06. The first-order valence-corrected chi connectivity index (χ1v) is 5.38. The van der Waals surface area contributed by atoms with Gasteiger partial charge in [0.1, 0.15) is 0 Å². The molecule has 6 heteroatoms. The van der Waals surface area contributed by atoms with Crippen molar-refractivity contribution < 1.29 is 19.1 Å². The molecule has 0 radical (unpaired) electrons. The highest BCUT2D eigenvalue weighted by molar-refractivity contribution is 6.32. The van der Waals surface area contributed by atoms with Gasteiger partial charge < -0.3 is 4.74 Å². The fourth-order valence-electron chi connectivity index (χ4n) is 1.14. The Balaban J connectivity index is 2.49. The molecule has 96 valence electrons. The Kier molecular flexibility index (Phi) is 4.86. The number of ether oxygens (including phenoxy) is 1. The van der Waals surface area contributed by atoms with Crippen molar-refractivity contribution in [1.29, 1.82) is 0 Å². The average Bonchev–Trinajstić information content (AvgIpc) is 2.36. The van der Waals surface area contributed by atoms with Crippen molar-refractivity contribution in [2.75, 3.05) is 6.61 Å². The molecular weight excluding hydrogens is 236 g/mol. The van der Waals surface area contributed by atoms with E-state index in [1.165, 1.54) is 0 Å². The van der Waals surface area contributed by atoms with Gasteiger partial charge in [0, 0.05) is 5.56 Å². The smallest absolute Gasteiger partial charge is 0.398 e. The quantitative estimate of drug-likeness (QED) is 0.449. The van der Waals surface area contributed by atoms with Crippen LogP contribution in [0.5, 0.6) is 0 Å². The second-order valence-electron chi connectivity index (χ2n) is 3.49. The summed E-state index contributed by atoms with van der Waals surface area (Å²) in [7, 11) is 0. The number of hydrogen-bond donors (Lipinski definition) is 2. The van der Waals surface area contributed by atoms with Crippen LogP contribution in [0, 0.1) is 6.92 Å². The van der Waals surface area contributed by atoms with Gasteiger partial charge in [-0.05, 0) is 26.0 Å². The average molecular weight is 250 g/mol. The standard InChI is InChI=1S/C12H14N2O4/c1-3-18-12(17)11(16)14-13-10(15)9-6-4-8(2)5-7-9/h4-7H,3H2,1-2H3,(H,13,15)(H,14,16). The van der Waals surface area contributed by atoms with Crippen molar-refractivity contribution >= 4 is 17.8 Å². The van der Waals surface area contributed by atoms with E-state index in [9.17, 15) is 14.4 Å². The van der Waals surface area contributed by atoms with Gasteiger partial charge in [-0.25, -0.2) is 4.79 Å². The highest BCUT2D eigenvalue weighted by Gasteiger charge is 2.15. The number of esters is 1. The van der Waals surface area contributed by atoms with Crippen molar-refractivity contribution in [3.8, 4) is 0 Å². The summed E-state index contributed by atoms with van der Waals surface area (Å²) in [6.07, 6.45) is 0. The minimum atomic E-state index is -1.04. The van der Waals surface area contributed by atoms with Gasteiger partial charge in [0.15, 0.2) is 0 Å². The minimum absolute atomic E-state index is 0.0954. The number of nitrogens with one attached hydrogen (secondary N) is 2. The van der Waals surface area contributed by atoms with Gasteiger partial charge >= 0.3 is 11.9 Å². The van der Waals surface area contributed by atoms with Crippen LogP contribution in [0.1, 0.15) is 22.8 Å². The Hall–Kier alpha value is -2.37. The van der Waals surface area contributed by atoms with Crippen molar-refractivity contribution in [1.82, 2.24) is 10.9 Å². The van der Waals surface area contributed by atoms with Crippen LogP contribution in [0.3, 0.4) is 0 Å². The lowest BCUT2D eigenvalue weighted by molar-refractivity contribution is -0.154. The van der Waals surface area contributed by atoms with Crippen LogP contribution >= 0.6 is 0 Å². The van der Waals surface area contributed by atoms with Gasteiger partial charge in [0.25, 0.3) is 5.91 Å². The van der Waals surface area contributed by atoms with E-state index in [0.717, 1.165) is 5.56 Å². The van der Waals surface area contributed by atoms with Crippen LogP contribution in [-0.2, 0) is 14.3 Å². The van der Waals surface area contributed by atoms with E-state index in [2.05, 4.69) is 10.2 Å². The summed E-state index contributed by atoms with van der Waals surface area (Å²) in [5.41, 5.74) is 5.48. The van der Waals surface area contributed by atoms with Crippen molar-refractivity contribution in [3.05, 3.63) is 35.4 Å². The maximum absolute atomic E-state index is 11.6. The van der Waals surface area contributed by atoms with E-state index in [4.69, 9.17) is 0 Å². The number of rotatable bonds is 2. The Labute approximate surface area is 104 Å². The minimum Gasteiger partial charge on any atom is -0.459 e. The summed E-state index contributed by atoms with van der Waals surface area (Å²) in [6.45, 7) is 3.57. The Bertz CT molecular complexity index is 454. The molecule has 1 aromatic carbocycles. The highest BCUT2D eigenvalue weighted by atomic mass is 16.5. The molecule has 1 rings (SSSR count). The van der Waals surface area contributed by atoms with E-state index >= 15 is 0 Å². The molecule has 0 saturated carbocycles. The first kappa shape index (κ1) is 13.7. The van der Waals surface area contributed by atoms with E-state index in [1.807, 2.05) is 12.3 Å². The predicted octanol–water partition coefficient (Wildman–Crippen LogP) is 0.319. The number of amides is 2. The summed E-state index contributed by atoms with van der Waals surface area (Å²) >= 11 is 0. The molecule has 1 aromatic rings. The van der Waals surface area contributed by atoms with Gasteiger partial charge in [0.05, 0.1) is 6.61 Å². The van der Waals surface area contributed by atoms with Crippen LogP contribution in [0.4, 0.5) is 0 Å². The lowest BCUT2D eigenvalue weighted by Crippen LogP contribution is -2.45. The third-order valence-electron chi connectivity index (χ3n) is 2.06. The second kappa shape index (κ2) is 6.39. The number of carbonyl (C=O) groups excluding carboxylic acids is 3.